The number of nitrogens with zero attached hydrogens (tertiary/aromatic N) is 4. The molecule has 0 unspecified atom stereocenters. The van der Waals surface area contributed by atoms with Crippen molar-refractivity contribution in [1.82, 2.24) is 14.9 Å². The maximum atomic E-state index is 13.0. The van der Waals surface area contributed by atoms with Crippen LogP contribution in [0.4, 0.5) is 5.69 Å². The highest BCUT2D eigenvalue weighted by Gasteiger charge is 2.27. The molecule has 6 rings (SSSR count). The van der Waals surface area contributed by atoms with Gasteiger partial charge in [-0.15, -0.1) is 0 Å². The monoisotopic (exact) mass is 466 g/mol. The normalized spacial score (nSPS) is 17.5. The average Bonchev–Trinajstić information content (AvgIpc) is 3.55. The maximum Gasteiger partial charge on any atom is 0.250 e. The van der Waals surface area contributed by atoms with Crippen LogP contribution in [0.2, 0.25) is 0 Å². The summed E-state index contributed by atoms with van der Waals surface area (Å²) in [4.78, 5) is 37.9. The fraction of sp³-hybridized carbons (Fsp3) is 0.286. The van der Waals surface area contributed by atoms with Gasteiger partial charge >= 0.3 is 0 Å². The van der Waals surface area contributed by atoms with Crippen molar-refractivity contribution in [1.29, 1.82) is 0 Å². The highest BCUT2D eigenvalue weighted by Crippen LogP contribution is 2.35. The number of amides is 2. The van der Waals surface area contributed by atoms with E-state index < -0.39 is 0 Å². The topological polar surface area (TPSA) is 75.6 Å². The van der Waals surface area contributed by atoms with Gasteiger partial charge in [-0.1, -0.05) is 12.1 Å². The molecule has 0 saturated carbocycles. The molecule has 4 heterocycles. The standard InChI is InChI=1S/C28H26N4O3/c33-27-2-1-9-32(27)23-5-3-19(4-6-23)21-14-22(18-29-17-21)24-7-8-30-26-16-20(15-25(24)26)28(34)31-10-12-35-13-11-31/h3-8,14-15,17-18H,1-2,9-13,16H2. The van der Waals surface area contributed by atoms with E-state index in [0.29, 0.717) is 39.1 Å². The number of benzene rings is 1. The van der Waals surface area contributed by atoms with E-state index >= 15 is 0 Å². The SMILES string of the molecule is O=C(C1=Cc2c(-c3cncc(-c4ccc(N5CCCC5=O)cc4)c3)ccnc2C1)N1CCOCC1. The second-order valence-corrected chi connectivity index (χ2v) is 9.13. The molecule has 176 valence electrons. The van der Waals surface area contributed by atoms with E-state index in [1.165, 1.54) is 0 Å². The van der Waals surface area contributed by atoms with Crippen LogP contribution >= 0.6 is 0 Å². The van der Waals surface area contributed by atoms with Crippen LogP contribution < -0.4 is 4.90 Å². The summed E-state index contributed by atoms with van der Waals surface area (Å²) in [5, 5.41) is 0. The molecule has 2 amide bonds. The molecule has 2 aliphatic heterocycles. The number of hydrogen-bond acceptors (Lipinski definition) is 5. The van der Waals surface area contributed by atoms with E-state index in [-0.39, 0.29) is 11.8 Å². The largest absolute Gasteiger partial charge is 0.378 e. The van der Waals surface area contributed by atoms with Crippen LogP contribution in [-0.4, -0.2) is 59.5 Å². The summed E-state index contributed by atoms with van der Waals surface area (Å²) in [6.45, 7) is 3.21. The van der Waals surface area contributed by atoms with Crippen molar-refractivity contribution in [3.63, 3.8) is 0 Å². The predicted octanol–water partition coefficient (Wildman–Crippen LogP) is 3.74. The predicted molar refractivity (Wildman–Crippen MR) is 134 cm³/mol. The summed E-state index contributed by atoms with van der Waals surface area (Å²) < 4.78 is 5.39. The maximum absolute atomic E-state index is 13.0. The molecular weight excluding hydrogens is 440 g/mol. The Morgan fingerprint density at radius 2 is 1.74 bits per heavy atom. The Balaban J connectivity index is 1.28. The molecule has 3 aliphatic rings. The fourth-order valence-corrected chi connectivity index (χ4v) is 5.08. The van der Waals surface area contributed by atoms with Crippen molar-refractivity contribution in [3.8, 4) is 22.3 Å². The van der Waals surface area contributed by atoms with Gasteiger partial charge in [0.25, 0.3) is 0 Å². The second-order valence-electron chi connectivity index (χ2n) is 9.13. The van der Waals surface area contributed by atoms with Gasteiger partial charge in [-0.25, -0.2) is 0 Å². The molecule has 7 heteroatoms. The van der Waals surface area contributed by atoms with Crippen molar-refractivity contribution >= 4 is 23.6 Å². The number of carbonyl (C=O) groups is 2. The van der Waals surface area contributed by atoms with Crippen molar-refractivity contribution in [2.24, 2.45) is 0 Å². The Kier molecular flexibility index (Phi) is 5.62. The lowest BCUT2D eigenvalue weighted by molar-refractivity contribution is -0.131. The van der Waals surface area contributed by atoms with Crippen molar-refractivity contribution in [3.05, 3.63) is 71.8 Å². The lowest BCUT2D eigenvalue weighted by Crippen LogP contribution is -2.41. The Morgan fingerprint density at radius 1 is 0.943 bits per heavy atom. The van der Waals surface area contributed by atoms with E-state index in [4.69, 9.17) is 4.74 Å². The summed E-state index contributed by atoms with van der Waals surface area (Å²) in [5.41, 5.74) is 7.67. The van der Waals surface area contributed by atoms with Gasteiger partial charge in [0.1, 0.15) is 0 Å². The number of hydrogen-bond donors (Lipinski definition) is 0. The number of rotatable bonds is 4. The molecule has 0 bridgehead atoms. The Labute approximate surface area is 204 Å². The van der Waals surface area contributed by atoms with Gasteiger partial charge in [-0.3, -0.25) is 19.6 Å². The summed E-state index contributed by atoms with van der Waals surface area (Å²) in [6, 6.07) is 12.2. The van der Waals surface area contributed by atoms with Crippen molar-refractivity contribution in [2.75, 3.05) is 37.7 Å². The molecule has 35 heavy (non-hydrogen) atoms. The van der Waals surface area contributed by atoms with Crippen molar-refractivity contribution < 1.29 is 14.3 Å². The molecule has 0 N–H and O–H groups in total. The summed E-state index contributed by atoms with van der Waals surface area (Å²) in [7, 11) is 0. The first-order valence-corrected chi connectivity index (χ1v) is 12.1. The number of aromatic nitrogens is 2. The number of pyridine rings is 2. The first-order chi connectivity index (χ1) is 17.2. The molecule has 0 radical (unpaired) electrons. The molecule has 2 saturated heterocycles. The minimum absolute atomic E-state index is 0.0701. The molecular formula is C28H26N4O3. The number of carbonyl (C=O) groups excluding carboxylic acids is 2. The lowest BCUT2D eigenvalue weighted by Gasteiger charge is -2.27. The third-order valence-electron chi connectivity index (χ3n) is 6.96. The van der Waals surface area contributed by atoms with Gasteiger partial charge in [-0.2, -0.15) is 0 Å². The number of morpholine rings is 1. The van der Waals surface area contributed by atoms with E-state index in [2.05, 4.69) is 16.0 Å². The molecule has 2 fully saturated rings. The number of ether oxygens (including phenoxy) is 1. The molecule has 1 aromatic carbocycles. The molecule has 0 atom stereocenters. The molecule has 7 nitrogen and oxygen atoms in total. The minimum Gasteiger partial charge on any atom is -0.378 e. The third-order valence-corrected chi connectivity index (χ3v) is 6.96. The van der Waals surface area contributed by atoms with Crippen LogP contribution in [0.1, 0.15) is 24.1 Å². The molecule has 1 aliphatic carbocycles. The second kappa shape index (κ2) is 9.07. The first-order valence-electron chi connectivity index (χ1n) is 12.1. The molecule has 3 aromatic rings. The van der Waals surface area contributed by atoms with Gasteiger partial charge in [0.2, 0.25) is 11.8 Å². The summed E-state index contributed by atoms with van der Waals surface area (Å²) >= 11 is 0. The summed E-state index contributed by atoms with van der Waals surface area (Å²) in [6.07, 6.45) is 9.58. The van der Waals surface area contributed by atoms with Crippen LogP contribution in [0, 0.1) is 0 Å². The number of anilines is 1. The van der Waals surface area contributed by atoms with Crippen LogP contribution in [0.5, 0.6) is 0 Å². The molecule has 0 spiro atoms. The van der Waals surface area contributed by atoms with E-state index in [9.17, 15) is 9.59 Å². The fourth-order valence-electron chi connectivity index (χ4n) is 5.08. The van der Waals surface area contributed by atoms with Crippen LogP contribution in [0.25, 0.3) is 28.3 Å². The smallest absolute Gasteiger partial charge is 0.250 e. The quantitative estimate of drug-likeness (QED) is 0.586. The van der Waals surface area contributed by atoms with Crippen LogP contribution in [0.15, 0.2) is 60.6 Å². The van der Waals surface area contributed by atoms with Gasteiger partial charge in [0.05, 0.1) is 18.9 Å². The highest BCUT2D eigenvalue weighted by molar-refractivity contribution is 6.01. The van der Waals surface area contributed by atoms with E-state index in [1.54, 1.807) is 6.20 Å². The van der Waals surface area contributed by atoms with Crippen LogP contribution in [0.3, 0.4) is 0 Å². The minimum atomic E-state index is 0.0701. The van der Waals surface area contributed by atoms with E-state index in [1.807, 2.05) is 58.6 Å². The summed E-state index contributed by atoms with van der Waals surface area (Å²) in [5.74, 6) is 0.258. The van der Waals surface area contributed by atoms with Crippen LogP contribution in [-0.2, 0) is 20.7 Å². The molecule has 2 aromatic heterocycles. The highest BCUT2D eigenvalue weighted by atomic mass is 16.5. The third kappa shape index (κ3) is 4.12. The zero-order chi connectivity index (χ0) is 23.8. The Hall–Kier alpha value is -3.84. The van der Waals surface area contributed by atoms with Gasteiger partial charge in [0, 0.05) is 79.0 Å². The van der Waals surface area contributed by atoms with Gasteiger partial charge in [-0.05, 0) is 47.9 Å². The Bertz CT molecular complexity index is 1330. The zero-order valence-electron chi connectivity index (χ0n) is 19.4. The van der Waals surface area contributed by atoms with Crippen molar-refractivity contribution in [2.45, 2.75) is 19.3 Å². The zero-order valence-corrected chi connectivity index (χ0v) is 19.4. The Morgan fingerprint density at radius 3 is 2.51 bits per heavy atom. The van der Waals surface area contributed by atoms with Gasteiger partial charge in [0.15, 0.2) is 0 Å². The average molecular weight is 467 g/mol. The van der Waals surface area contributed by atoms with Gasteiger partial charge < -0.3 is 14.5 Å². The first kappa shape index (κ1) is 21.7. The number of fused-ring (bicyclic) bond motifs is 1. The van der Waals surface area contributed by atoms with E-state index in [0.717, 1.165) is 57.7 Å². The lowest BCUT2D eigenvalue weighted by atomic mass is 9.98.